The number of nitrogens with one attached hydrogen (secondary N) is 1. The smallest absolute Gasteiger partial charge is 0.149 e. The van der Waals surface area contributed by atoms with Crippen molar-refractivity contribution in [1.29, 1.82) is 0 Å². The molecular formula is C12H13ClIN3. The molecule has 90 valence electrons. The molecule has 0 bridgehead atoms. The highest BCUT2D eigenvalue weighted by atomic mass is 127. The van der Waals surface area contributed by atoms with Crippen molar-refractivity contribution in [2.45, 2.75) is 19.8 Å². The Bertz CT molecular complexity index is 549. The minimum absolute atomic E-state index is 0.321. The molecule has 0 aliphatic heterocycles. The lowest BCUT2D eigenvalue weighted by Gasteiger charge is -2.08. The van der Waals surface area contributed by atoms with Gasteiger partial charge in [-0.1, -0.05) is 31.5 Å². The SMILES string of the molecule is CC(C)c1c(N)n[nH]c1-c1ccc(I)c(Cl)c1. The van der Waals surface area contributed by atoms with Gasteiger partial charge in [-0.15, -0.1) is 0 Å². The van der Waals surface area contributed by atoms with Crippen LogP contribution in [0, 0.1) is 3.57 Å². The van der Waals surface area contributed by atoms with Crippen LogP contribution in [0.3, 0.4) is 0 Å². The number of hydrogen-bond acceptors (Lipinski definition) is 2. The lowest BCUT2D eigenvalue weighted by Crippen LogP contribution is -1.95. The first-order valence-electron chi connectivity index (χ1n) is 5.30. The predicted octanol–water partition coefficient (Wildman–Crippen LogP) is 4.04. The molecule has 0 aliphatic carbocycles. The van der Waals surface area contributed by atoms with E-state index in [9.17, 15) is 0 Å². The zero-order chi connectivity index (χ0) is 12.6. The first-order chi connectivity index (χ1) is 8.00. The number of hydrogen-bond donors (Lipinski definition) is 2. The van der Waals surface area contributed by atoms with Gasteiger partial charge in [0.2, 0.25) is 0 Å². The van der Waals surface area contributed by atoms with Gasteiger partial charge in [-0.2, -0.15) is 5.10 Å². The van der Waals surface area contributed by atoms with Gasteiger partial charge in [-0.3, -0.25) is 5.10 Å². The number of halogens is 2. The van der Waals surface area contributed by atoms with Crippen molar-refractivity contribution in [1.82, 2.24) is 10.2 Å². The second kappa shape index (κ2) is 4.86. The second-order valence-corrected chi connectivity index (χ2v) is 5.75. The zero-order valence-electron chi connectivity index (χ0n) is 9.59. The van der Waals surface area contributed by atoms with E-state index in [-0.39, 0.29) is 0 Å². The van der Waals surface area contributed by atoms with Crippen LogP contribution in [0.25, 0.3) is 11.3 Å². The molecule has 0 fully saturated rings. The van der Waals surface area contributed by atoms with E-state index in [2.05, 4.69) is 46.6 Å². The molecule has 0 spiro atoms. The van der Waals surface area contributed by atoms with E-state index >= 15 is 0 Å². The molecule has 5 heteroatoms. The Kier molecular flexibility index (Phi) is 3.63. The standard InChI is InChI=1S/C12H13ClIN3/c1-6(2)10-11(16-17-12(10)15)7-3-4-9(14)8(13)5-7/h3-6H,1-2H3,(H3,15,16,17). The van der Waals surface area contributed by atoms with Crippen LogP contribution < -0.4 is 5.73 Å². The largest absolute Gasteiger partial charge is 0.382 e. The number of nitrogens with zero attached hydrogens (tertiary/aromatic N) is 1. The number of rotatable bonds is 2. The summed E-state index contributed by atoms with van der Waals surface area (Å²) in [5.41, 5.74) is 8.89. The third kappa shape index (κ3) is 2.42. The number of aromatic nitrogens is 2. The molecule has 0 amide bonds. The highest BCUT2D eigenvalue weighted by Crippen LogP contribution is 2.33. The summed E-state index contributed by atoms with van der Waals surface area (Å²) in [7, 11) is 0. The summed E-state index contributed by atoms with van der Waals surface area (Å²) in [6, 6.07) is 5.94. The molecule has 3 N–H and O–H groups in total. The van der Waals surface area contributed by atoms with E-state index in [1.165, 1.54) is 0 Å². The number of aromatic amines is 1. The number of anilines is 1. The van der Waals surface area contributed by atoms with Gasteiger partial charge >= 0.3 is 0 Å². The summed E-state index contributed by atoms with van der Waals surface area (Å²) in [6.07, 6.45) is 0. The van der Waals surface area contributed by atoms with Gasteiger partial charge < -0.3 is 5.73 Å². The Morgan fingerprint density at radius 3 is 2.71 bits per heavy atom. The van der Waals surface area contributed by atoms with E-state index < -0.39 is 0 Å². The molecule has 1 aromatic carbocycles. The maximum atomic E-state index is 6.13. The Morgan fingerprint density at radius 2 is 2.12 bits per heavy atom. The van der Waals surface area contributed by atoms with Crippen LogP contribution in [0.15, 0.2) is 18.2 Å². The van der Waals surface area contributed by atoms with Gasteiger partial charge in [0.25, 0.3) is 0 Å². The van der Waals surface area contributed by atoms with Crippen molar-refractivity contribution in [3.05, 3.63) is 32.4 Å². The van der Waals surface area contributed by atoms with Crippen molar-refractivity contribution >= 4 is 40.0 Å². The monoisotopic (exact) mass is 361 g/mol. The average Bonchev–Trinajstić information content (AvgIpc) is 2.64. The fourth-order valence-electron chi connectivity index (χ4n) is 1.82. The van der Waals surface area contributed by atoms with Crippen molar-refractivity contribution in [3.8, 4) is 11.3 Å². The zero-order valence-corrected chi connectivity index (χ0v) is 12.5. The Labute approximate surface area is 119 Å². The highest BCUT2D eigenvalue weighted by Gasteiger charge is 2.16. The topological polar surface area (TPSA) is 54.7 Å². The number of nitrogens with two attached hydrogens (primary N) is 1. The predicted molar refractivity (Wildman–Crippen MR) is 80.3 cm³/mol. The van der Waals surface area contributed by atoms with Gasteiger partial charge in [0.15, 0.2) is 0 Å². The molecule has 0 saturated heterocycles. The summed E-state index contributed by atoms with van der Waals surface area (Å²) < 4.78 is 1.03. The Morgan fingerprint density at radius 1 is 1.41 bits per heavy atom. The molecule has 1 heterocycles. The van der Waals surface area contributed by atoms with E-state index in [0.717, 1.165) is 25.4 Å². The molecule has 0 saturated carbocycles. The molecule has 1 aromatic heterocycles. The average molecular weight is 362 g/mol. The molecule has 0 aliphatic rings. The van der Waals surface area contributed by atoms with Gasteiger partial charge in [0.05, 0.1) is 10.7 Å². The number of H-pyrrole nitrogens is 1. The molecule has 0 unspecified atom stereocenters. The molecule has 0 atom stereocenters. The Hall–Kier alpha value is -0.750. The second-order valence-electron chi connectivity index (χ2n) is 4.18. The third-order valence-corrected chi connectivity index (χ3v) is 4.19. The summed E-state index contributed by atoms with van der Waals surface area (Å²) >= 11 is 8.33. The van der Waals surface area contributed by atoms with Crippen LogP contribution >= 0.6 is 34.2 Å². The van der Waals surface area contributed by atoms with Crippen molar-refractivity contribution < 1.29 is 0 Å². The molecule has 2 rings (SSSR count). The van der Waals surface area contributed by atoms with Crippen LogP contribution in [0.1, 0.15) is 25.3 Å². The molecular weight excluding hydrogens is 349 g/mol. The lowest BCUT2D eigenvalue weighted by molar-refractivity contribution is 0.873. The summed E-state index contributed by atoms with van der Waals surface area (Å²) in [5.74, 6) is 0.881. The first kappa shape index (κ1) is 12.7. The molecule has 2 aromatic rings. The van der Waals surface area contributed by atoms with Gasteiger partial charge in [0, 0.05) is 14.7 Å². The van der Waals surface area contributed by atoms with Crippen LogP contribution in [-0.4, -0.2) is 10.2 Å². The van der Waals surface area contributed by atoms with Crippen LogP contribution in [0.2, 0.25) is 5.02 Å². The maximum absolute atomic E-state index is 6.13. The minimum atomic E-state index is 0.321. The molecule has 17 heavy (non-hydrogen) atoms. The van der Waals surface area contributed by atoms with E-state index in [0.29, 0.717) is 11.7 Å². The molecule has 3 nitrogen and oxygen atoms in total. The minimum Gasteiger partial charge on any atom is -0.382 e. The third-order valence-electron chi connectivity index (χ3n) is 2.62. The van der Waals surface area contributed by atoms with E-state index in [1.54, 1.807) is 0 Å². The highest BCUT2D eigenvalue weighted by molar-refractivity contribution is 14.1. The first-order valence-corrected chi connectivity index (χ1v) is 6.75. The van der Waals surface area contributed by atoms with Crippen LogP contribution in [0.4, 0.5) is 5.82 Å². The molecule has 0 radical (unpaired) electrons. The van der Waals surface area contributed by atoms with E-state index in [1.807, 2.05) is 18.2 Å². The maximum Gasteiger partial charge on any atom is 0.149 e. The fourth-order valence-corrected chi connectivity index (χ4v) is 2.34. The number of nitrogen functional groups attached to an aromatic ring is 1. The van der Waals surface area contributed by atoms with Crippen molar-refractivity contribution in [3.63, 3.8) is 0 Å². The van der Waals surface area contributed by atoms with Gasteiger partial charge in [0.1, 0.15) is 5.82 Å². The van der Waals surface area contributed by atoms with Crippen molar-refractivity contribution in [2.75, 3.05) is 5.73 Å². The summed E-state index contributed by atoms with van der Waals surface area (Å²) in [4.78, 5) is 0. The fraction of sp³-hybridized carbons (Fsp3) is 0.250. The lowest BCUT2D eigenvalue weighted by atomic mass is 9.99. The van der Waals surface area contributed by atoms with Crippen LogP contribution in [0.5, 0.6) is 0 Å². The normalized spacial score (nSPS) is 11.1. The van der Waals surface area contributed by atoms with Gasteiger partial charge in [-0.25, -0.2) is 0 Å². The van der Waals surface area contributed by atoms with E-state index in [4.69, 9.17) is 17.3 Å². The number of benzene rings is 1. The Balaban J connectivity index is 2.56. The van der Waals surface area contributed by atoms with Crippen molar-refractivity contribution in [2.24, 2.45) is 0 Å². The quantitative estimate of drug-likeness (QED) is 0.793. The van der Waals surface area contributed by atoms with Gasteiger partial charge in [-0.05, 0) is 40.6 Å². The summed E-state index contributed by atoms with van der Waals surface area (Å²) in [6.45, 7) is 4.19. The van der Waals surface area contributed by atoms with Crippen LogP contribution in [-0.2, 0) is 0 Å². The summed E-state index contributed by atoms with van der Waals surface area (Å²) in [5, 5.41) is 7.80.